The molecule has 0 aliphatic heterocycles. The fraction of sp³-hybridized carbons (Fsp3) is 0.111. The summed E-state index contributed by atoms with van der Waals surface area (Å²) in [6, 6.07) is 13.2. The van der Waals surface area contributed by atoms with Gasteiger partial charge in [-0.15, -0.1) is 0 Å². The van der Waals surface area contributed by atoms with Crippen LogP contribution < -0.4 is 5.56 Å². The van der Waals surface area contributed by atoms with Crippen molar-refractivity contribution in [2.75, 3.05) is 0 Å². The summed E-state index contributed by atoms with van der Waals surface area (Å²) in [7, 11) is 0. The highest BCUT2D eigenvalue weighted by atomic mass is 35.5. The Balaban J connectivity index is 2.11. The molecule has 3 rings (SSSR count). The average Bonchev–Trinajstić information content (AvgIpc) is 2.50. The number of rotatable bonds is 2. The smallest absolute Gasteiger partial charge is 0.258 e. The largest absolute Gasteiger partial charge is 0.269 e. The average molecular weight is 311 g/mol. The van der Waals surface area contributed by atoms with Crippen LogP contribution in [-0.2, 0) is 0 Å². The maximum atomic E-state index is 12.2. The monoisotopic (exact) mass is 310 g/mol. The van der Waals surface area contributed by atoms with Crippen LogP contribution in [0.4, 0.5) is 0 Å². The van der Waals surface area contributed by atoms with Crippen LogP contribution in [0.15, 0.2) is 53.5 Å². The first kappa shape index (κ1) is 14.5. The Bertz CT molecular complexity index is 924. The third-order valence-electron chi connectivity index (χ3n) is 3.50. The van der Waals surface area contributed by atoms with Gasteiger partial charge in [0.2, 0.25) is 0 Å². The minimum absolute atomic E-state index is 0.140. The summed E-state index contributed by atoms with van der Waals surface area (Å²) >= 11 is 6.36. The lowest BCUT2D eigenvalue weighted by Gasteiger charge is -2.05. The van der Waals surface area contributed by atoms with Crippen LogP contribution in [0, 0.1) is 13.8 Å². The van der Waals surface area contributed by atoms with Gasteiger partial charge in [-0.25, -0.2) is 4.98 Å². The summed E-state index contributed by atoms with van der Waals surface area (Å²) in [4.78, 5) is 16.7. The highest BCUT2D eigenvalue weighted by molar-refractivity contribution is 6.51. The molecule has 0 radical (unpaired) electrons. The number of aromatic nitrogens is 2. The number of pyridine rings is 1. The van der Waals surface area contributed by atoms with Crippen LogP contribution in [-0.4, -0.2) is 9.38 Å². The van der Waals surface area contributed by atoms with Crippen molar-refractivity contribution in [3.63, 3.8) is 0 Å². The summed E-state index contributed by atoms with van der Waals surface area (Å²) in [5, 5.41) is 0.451. The number of fused-ring (bicyclic) bond motifs is 1. The van der Waals surface area contributed by atoms with E-state index in [9.17, 15) is 4.79 Å². The Kier molecular flexibility index (Phi) is 3.82. The molecule has 0 saturated heterocycles. The van der Waals surface area contributed by atoms with E-state index in [1.54, 1.807) is 6.20 Å². The lowest BCUT2D eigenvalue weighted by atomic mass is 10.1. The van der Waals surface area contributed by atoms with Crippen LogP contribution in [0.1, 0.15) is 22.4 Å². The molecule has 0 fully saturated rings. The Morgan fingerprint density at radius 3 is 2.64 bits per heavy atom. The maximum absolute atomic E-state index is 12.2. The zero-order chi connectivity index (χ0) is 15.7. The van der Waals surface area contributed by atoms with E-state index in [4.69, 9.17) is 11.6 Å². The van der Waals surface area contributed by atoms with E-state index in [1.807, 2.05) is 56.3 Å². The summed E-state index contributed by atoms with van der Waals surface area (Å²) in [5.74, 6) is 0. The van der Waals surface area contributed by atoms with E-state index in [1.165, 1.54) is 16.0 Å². The second kappa shape index (κ2) is 5.78. The van der Waals surface area contributed by atoms with Gasteiger partial charge in [-0.05, 0) is 37.1 Å². The molecule has 0 aliphatic carbocycles. The van der Waals surface area contributed by atoms with Gasteiger partial charge >= 0.3 is 0 Å². The normalized spacial score (nSPS) is 11.9. The van der Waals surface area contributed by atoms with Gasteiger partial charge in [-0.1, -0.05) is 47.5 Å². The fourth-order valence-corrected chi connectivity index (χ4v) is 2.49. The predicted octanol–water partition coefficient (Wildman–Crippen LogP) is 4.05. The van der Waals surface area contributed by atoms with Crippen molar-refractivity contribution in [1.82, 2.24) is 9.38 Å². The van der Waals surface area contributed by atoms with Crippen LogP contribution >= 0.6 is 11.6 Å². The van der Waals surface area contributed by atoms with Crippen LogP contribution in [0.3, 0.4) is 0 Å². The van der Waals surface area contributed by atoms with Crippen molar-refractivity contribution in [3.05, 3.63) is 81.4 Å². The third-order valence-corrected chi connectivity index (χ3v) is 3.80. The molecule has 0 atom stereocenters. The first-order chi connectivity index (χ1) is 10.5. The fourth-order valence-electron chi connectivity index (χ4n) is 2.27. The molecule has 22 heavy (non-hydrogen) atoms. The van der Waals surface area contributed by atoms with Gasteiger partial charge in [-0.2, -0.15) is 0 Å². The number of hydrogen-bond donors (Lipinski definition) is 0. The van der Waals surface area contributed by atoms with Crippen LogP contribution in [0.2, 0.25) is 0 Å². The van der Waals surface area contributed by atoms with E-state index in [-0.39, 0.29) is 5.56 Å². The standard InChI is InChI=1S/C18H15ClN2O/c1-12-5-7-14(8-6-12)10-15(19)16-11-17(22)21-9-3-4-13(2)18(21)20-16/h3-11H,1-2H3/b15-10-. The summed E-state index contributed by atoms with van der Waals surface area (Å²) in [5.41, 5.74) is 4.07. The SMILES string of the molecule is Cc1ccc(/C=C(\Cl)c2cc(=O)n3cccc(C)c3n2)cc1. The number of hydrogen-bond acceptors (Lipinski definition) is 2. The molecule has 0 amide bonds. The van der Waals surface area contributed by atoms with Crippen molar-refractivity contribution in [3.8, 4) is 0 Å². The first-order valence-electron chi connectivity index (χ1n) is 6.98. The molecule has 2 aromatic heterocycles. The molecule has 3 aromatic rings. The van der Waals surface area contributed by atoms with Crippen molar-refractivity contribution < 1.29 is 0 Å². The van der Waals surface area contributed by atoms with Crippen molar-refractivity contribution in [1.29, 1.82) is 0 Å². The molecule has 2 heterocycles. The number of halogens is 1. The Hall–Kier alpha value is -2.39. The quantitative estimate of drug-likeness (QED) is 0.715. The highest BCUT2D eigenvalue weighted by Gasteiger charge is 2.07. The van der Waals surface area contributed by atoms with Gasteiger partial charge in [0.05, 0.1) is 10.7 Å². The minimum Gasteiger partial charge on any atom is -0.269 e. The van der Waals surface area contributed by atoms with Gasteiger partial charge in [0.1, 0.15) is 5.65 Å². The minimum atomic E-state index is -0.140. The van der Waals surface area contributed by atoms with Gasteiger partial charge < -0.3 is 0 Å². The summed E-state index contributed by atoms with van der Waals surface area (Å²) < 4.78 is 1.52. The predicted molar refractivity (Wildman–Crippen MR) is 91.1 cm³/mol. The molecule has 1 aromatic carbocycles. The van der Waals surface area contributed by atoms with Crippen LogP contribution in [0.25, 0.3) is 16.8 Å². The van der Waals surface area contributed by atoms with E-state index in [2.05, 4.69) is 4.98 Å². The van der Waals surface area contributed by atoms with E-state index < -0.39 is 0 Å². The van der Waals surface area contributed by atoms with Gasteiger partial charge in [0, 0.05) is 12.3 Å². The Morgan fingerprint density at radius 1 is 1.18 bits per heavy atom. The van der Waals surface area contributed by atoms with Crippen molar-refractivity contribution in [2.45, 2.75) is 13.8 Å². The van der Waals surface area contributed by atoms with Crippen molar-refractivity contribution in [2.24, 2.45) is 0 Å². The lowest BCUT2D eigenvalue weighted by Crippen LogP contribution is -2.15. The molecular weight excluding hydrogens is 296 g/mol. The number of nitrogens with zero attached hydrogens (tertiary/aromatic N) is 2. The van der Waals surface area contributed by atoms with Crippen LogP contribution in [0.5, 0.6) is 0 Å². The van der Waals surface area contributed by atoms with E-state index in [0.717, 1.165) is 11.1 Å². The molecular formula is C18H15ClN2O. The second-order valence-corrected chi connectivity index (χ2v) is 5.67. The topological polar surface area (TPSA) is 34.4 Å². The summed E-state index contributed by atoms with van der Waals surface area (Å²) in [6.45, 7) is 3.95. The number of aryl methyl sites for hydroxylation is 2. The zero-order valence-electron chi connectivity index (χ0n) is 12.4. The van der Waals surface area contributed by atoms with Gasteiger partial charge in [0.15, 0.2) is 0 Å². The second-order valence-electron chi connectivity index (χ2n) is 5.27. The number of benzene rings is 1. The molecule has 0 spiro atoms. The Morgan fingerprint density at radius 2 is 1.91 bits per heavy atom. The molecule has 0 bridgehead atoms. The molecule has 0 saturated carbocycles. The lowest BCUT2D eigenvalue weighted by molar-refractivity contribution is 1.02. The zero-order valence-corrected chi connectivity index (χ0v) is 13.1. The highest BCUT2D eigenvalue weighted by Crippen LogP contribution is 2.20. The van der Waals surface area contributed by atoms with E-state index >= 15 is 0 Å². The van der Waals surface area contributed by atoms with Gasteiger partial charge in [-0.3, -0.25) is 9.20 Å². The first-order valence-corrected chi connectivity index (χ1v) is 7.36. The molecule has 0 aliphatic rings. The maximum Gasteiger partial charge on any atom is 0.258 e. The van der Waals surface area contributed by atoms with Crippen molar-refractivity contribution >= 4 is 28.4 Å². The molecule has 4 heteroatoms. The molecule has 0 N–H and O–H groups in total. The molecule has 110 valence electrons. The third kappa shape index (κ3) is 2.81. The molecule has 3 nitrogen and oxygen atoms in total. The summed E-state index contributed by atoms with van der Waals surface area (Å²) in [6.07, 6.45) is 3.52. The van der Waals surface area contributed by atoms with Gasteiger partial charge in [0.25, 0.3) is 5.56 Å². The Labute approximate surface area is 133 Å². The van der Waals surface area contributed by atoms with E-state index in [0.29, 0.717) is 16.4 Å². The molecule has 0 unspecified atom stereocenters.